The Labute approximate surface area is 119 Å². The molecule has 0 saturated carbocycles. The second-order valence-corrected chi connectivity index (χ2v) is 5.83. The van der Waals surface area contributed by atoms with E-state index in [1.54, 1.807) is 13.3 Å². The first kappa shape index (κ1) is 14.9. The molecule has 0 aromatic carbocycles. The first-order valence-electron chi connectivity index (χ1n) is 6.80. The van der Waals surface area contributed by atoms with Gasteiger partial charge in [-0.05, 0) is 32.9 Å². The Kier molecular flexibility index (Phi) is 4.40. The van der Waals surface area contributed by atoms with Gasteiger partial charge in [0.05, 0.1) is 23.9 Å². The number of aromatic nitrogens is 1. The van der Waals surface area contributed by atoms with E-state index in [2.05, 4.69) is 4.98 Å². The van der Waals surface area contributed by atoms with Crippen molar-refractivity contribution in [2.45, 2.75) is 32.5 Å². The number of pyridine rings is 1. The summed E-state index contributed by atoms with van der Waals surface area (Å²) in [7, 11) is 1.64. The predicted octanol–water partition coefficient (Wildman–Crippen LogP) is 1.66. The molecule has 1 atom stereocenters. The minimum Gasteiger partial charge on any atom is -0.382 e. The number of morpholine rings is 1. The number of hydrogen-bond donors (Lipinski definition) is 0. The third kappa shape index (κ3) is 3.55. The van der Waals surface area contributed by atoms with Crippen LogP contribution in [-0.4, -0.2) is 54.3 Å². The summed E-state index contributed by atoms with van der Waals surface area (Å²) in [5.74, 6) is -0.00465. The summed E-state index contributed by atoms with van der Waals surface area (Å²) in [5, 5.41) is 0. The number of nitrogens with zero attached hydrogens (tertiary/aromatic N) is 2. The maximum atomic E-state index is 12.5. The van der Waals surface area contributed by atoms with Crippen molar-refractivity contribution in [3.05, 3.63) is 29.6 Å². The summed E-state index contributed by atoms with van der Waals surface area (Å²) in [5.41, 5.74) is 1.15. The molecule has 1 amide bonds. The van der Waals surface area contributed by atoms with E-state index in [9.17, 15) is 4.79 Å². The quantitative estimate of drug-likeness (QED) is 0.843. The minimum atomic E-state index is -0.366. The van der Waals surface area contributed by atoms with Gasteiger partial charge in [0.15, 0.2) is 0 Å². The number of amides is 1. The minimum absolute atomic E-state index is 0.00465. The molecule has 0 bridgehead atoms. The van der Waals surface area contributed by atoms with E-state index in [1.165, 1.54) is 0 Å². The third-order valence-electron chi connectivity index (χ3n) is 3.28. The van der Waals surface area contributed by atoms with E-state index in [1.807, 2.05) is 37.8 Å². The maximum Gasteiger partial charge on any atom is 0.255 e. The molecule has 5 nitrogen and oxygen atoms in total. The molecule has 1 aliphatic rings. The molecule has 0 N–H and O–H groups in total. The topological polar surface area (TPSA) is 51.7 Å². The standard InChI is InChI=1S/C15H22N2O3/c1-11-5-6-12(7-16-11)14(18)17-8-13(9-19-4)20-15(2,3)10-17/h5-7,13H,8-10H2,1-4H3/t13-/m1/s1. The Balaban J connectivity index is 2.13. The smallest absolute Gasteiger partial charge is 0.255 e. The van der Waals surface area contributed by atoms with Crippen LogP contribution in [0, 0.1) is 6.92 Å². The van der Waals surface area contributed by atoms with Crippen LogP contribution >= 0.6 is 0 Å². The Morgan fingerprint density at radius 2 is 2.30 bits per heavy atom. The summed E-state index contributed by atoms with van der Waals surface area (Å²) in [6.07, 6.45) is 1.54. The van der Waals surface area contributed by atoms with Crippen LogP contribution in [0.4, 0.5) is 0 Å². The predicted molar refractivity (Wildman–Crippen MR) is 75.7 cm³/mol. The van der Waals surface area contributed by atoms with E-state index in [-0.39, 0.29) is 17.6 Å². The average Bonchev–Trinajstić information content (AvgIpc) is 2.37. The van der Waals surface area contributed by atoms with Gasteiger partial charge < -0.3 is 14.4 Å². The summed E-state index contributed by atoms with van der Waals surface area (Å²) in [6.45, 7) is 7.48. The fraction of sp³-hybridized carbons (Fsp3) is 0.600. The zero-order valence-electron chi connectivity index (χ0n) is 12.5. The normalized spacial score (nSPS) is 21.8. The van der Waals surface area contributed by atoms with Gasteiger partial charge in [0.25, 0.3) is 5.91 Å². The van der Waals surface area contributed by atoms with Gasteiger partial charge in [-0.15, -0.1) is 0 Å². The monoisotopic (exact) mass is 278 g/mol. The van der Waals surface area contributed by atoms with E-state index in [0.717, 1.165) is 5.69 Å². The zero-order valence-corrected chi connectivity index (χ0v) is 12.5. The SMILES string of the molecule is COC[C@H]1CN(C(=O)c2ccc(C)nc2)CC(C)(C)O1. The van der Waals surface area contributed by atoms with Crippen LogP contribution in [0.2, 0.25) is 0 Å². The lowest BCUT2D eigenvalue weighted by Crippen LogP contribution is -2.55. The molecule has 110 valence electrons. The molecule has 0 aliphatic carbocycles. The maximum absolute atomic E-state index is 12.5. The van der Waals surface area contributed by atoms with E-state index in [4.69, 9.17) is 9.47 Å². The lowest BCUT2D eigenvalue weighted by atomic mass is 10.0. The molecule has 1 fully saturated rings. The van der Waals surface area contributed by atoms with Gasteiger partial charge in [0.1, 0.15) is 0 Å². The molecular formula is C15H22N2O3. The number of rotatable bonds is 3. The highest BCUT2D eigenvalue weighted by atomic mass is 16.5. The average molecular weight is 278 g/mol. The number of carbonyl (C=O) groups is 1. The molecule has 1 aromatic heterocycles. The highest BCUT2D eigenvalue weighted by Crippen LogP contribution is 2.22. The van der Waals surface area contributed by atoms with Crippen LogP contribution in [0.25, 0.3) is 0 Å². The molecule has 0 spiro atoms. The number of carbonyl (C=O) groups excluding carboxylic acids is 1. The van der Waals surface area contributed by atoms with Crippen molar-refractivity contribution in [3.8, 4) is 0 Å². The van der Waals surface area contributed by atoms with Crippen LogP contribution in [-0.2, 0) is 9.47 Å². The van der Waals surface area contributed by atoms with Crippen LogP contribution in [0.1, 0.15) is 29.9 Å². The molecule has 5 heteroatoms. The van der Waals surface area contributed by atoms with E-state index >= 15 is 0 Å². The van der Waals surface area contributed by atoms with Crippen molar-refractivity contribution in [1.82, 2.24) is 9.88 Å². The molecule has 1 saturated heterocycles. The van der Waals surface area contributed by atoms with Gasteiger partial charge in [-0.1, -0.05) is 0 Å². The van der Waals surface area contributed by atoms with Crippen molar-refractivity contribution in [2.24, 2.45) is 0 Å². The molecule has 2 rings (SSSR count). The molecule has 20 heavy (non-hydrogen) atoms. The third-order valence-corrected chi connectivity index (χ3v) is 3.28. The van der Waals surface area contributed by atoms with Gasteiger partial charge in [0, 0.05) is 32.1 Å². The molecule has 2 heterocycles. The number of methoxy groups -OCH3 is 1. The van der Waals surface area contributed by atoms with Gasteiger partial charge >= 0.3 is 0 Å². The Morgan fingerprint density at radius 3 is 2.90 bits per heavy atom. The molecule has 1 aromatic rings. The number of ether oxygens (including phenoxy) is 2. The Morgan fingerprint density at radius 1 is 1.55 bits per heavy atom. The second kappa shape index (κ2) is 5.89. The first-order chi connectivity index (χ1) is 9.41. The highest BCUT2D eigenvalue weighted by molar-refractivity contribution is 5.94. The van der Waals surface area contributed by atoms with Crippen LogP contribution in [0.3, 0.4) is 0 Å². The van der Waals surface area contributed by atoms with Gasteiger partial charge in [-0.25, -0.2) is 0 Å². The van der Waals surface area contributed by atoms with Crippen molar-refractivity contribution >= 4 is 5.91 Å². The highest BCUT2D eigenvalue weighted by Gasteiger charge is 2.35. The van der Waals surface area contributed by atoms with Crippen molar-refractivity contribution < 1.29 is 14.3 Å². The summed E-state index contributed by atoms with van der Waals surface area (Å²) < 4.78 is 11.1. The van der Waals surface area contributed by atoms with Crippen LogP contribution < -0.4 is 0 Å². The van der Waals surface area contributed by atoms with Crippen molar-refractivity contribution in [1.29, 1.82) is 0 Å². The Hall–Kier alpha value is -1.46. The second-order valence-electron chi connectivity index (χ2n) is 5.83. The van der Waals surface area contributed by atoms with Gasteiger partial charge in [0.2, 0.25) is 0 Å². The lowest BCUT2D eigenvalue weighted by molar-refractivity contribution is -0.143. The lowest BCUT2D eigenvalue weighted by Gasteiger charge is -2.42. The van der Waals surface area contributed by atoms with E-state index < -0.39 is 0 Å². The first-order valence-corrected chi connectivity index (χ1v) is 6.80. The fourth-order valence-electron chi connectivity index (χ4n) is 2.50. The number of hydrogen-bond acceptors (Lipinski definition) is 4. The molecule has 0 radical (unpaired) electrons. The van der Waals surface area contributed by atoms with Gasteiger partial charge in [-0.3, -0.25) is 9.78 Å². The fourth-order valence-corrected chi connectivity index (χ4v) is 2.50. The van der Waals surface area contributed by atoms with Crippen LogP contribution in [0.15, 0.2) is 18.3 Å². The summed E-state index contributed by atoms with van der Waals surface area (Å²) in [4.78, 5) is 18.5. The molecule has 0 unspecified atom stereocenters. The molecule has 1 aliphatic heterocycles. The van der Waals surface area contributed by atoms with Crippen molar-refractivity contribution in [2.75, 3.05) is 26.8 Å². The number of aryl methyl sites for hydroxylation is 1. The Bertz CT molecular complexity index is 471. The summed E-state index contributed by atoms with van der Waals surface area (Å²) >= 11 is 0. The van der Waals surface area contributed by atoms with Gasteiger partial charge in [-0.2, -0.15) is 0 Å². The largest absolute Gasteiger partial charge is 0.382 e. The molecular weight excluding hydrogens is 256 g/mol. The van der Waals surface area contributed by atoms with Crippen LogP contribution in [0.5, 0.6) is 0 Å². The zero-order chi connectivity index (χ0) is 14.8. The summed E-state index contributed by atoms with van der Waals surface area (Å²) in [6, 6.07) is 3.67. The van der Waals surface area contributed by atoms with Crippen molar-refractivity contribution in [3.63, 3.8) is 0 Å². The van der Waals surface area contributed by atoms with E-state index in [0.29, 0.717) is 25.3 Å².